The molecule has 0 saturated carbocycles. The van der Waals surface area contributed by atoms with Crippen molar-refractivity contribution in [1.82, 2.24) is 4.90 Å². The first-order chi connectivity index (χ1) is 8.74. The number of likely N-dealkylation sites (N-methyl/N-ethyl adjacent to an activating group) is 1. The molecule has 0 saturated heterocycles. The van der Waals surface area contributed by atoms with E-state index in [0.29, 0.717) is 12.1 Å². The minimum absolute atomic E-state index is 0.0672. The summed E-state index contributed by atoms with van der Waals surface area (Å²) in [5.74, 6) is 0.227. The number of halogens is 1. The Morgan fingerprint density at radius 1 is 1.47 bits per heavy atom. The smallest absolute Gasteiger partial charge is 0.250 e. The lowest BCUT2D eigenvalue weighted by Crippen LogP contribution is -2.41. The highest BCUT2D eigenvalue weighted by atomic mass is 79.9. The van der Waals surface area contributed by atoms with E-state index in [9.17, 15) is 4.79 Å². The maximum Gasteiger partial charge on any atom is 0.250 e. The van der Waals surface area contributed by atoms with Crippen molar-refractivity contribution >= 4 is 29.9 Å². The van der Waals surface area contributed by atoms with E-state index in [1.54, 1.807) is 0 Å². The number of carbonyl (C=O) groups excluding carboxylic acids is 1. The van der Waals surface area contributed by atoms with Crippen molar-refractivity contribution in [3.05, 3.63) is 23.0 Å². The number of alkyl halides is 1. The maximum absolute atomic E-state index is 12.5. The van der Waals surface area contributed by atoms with Gasteiger partial charge in [-0.25, -0.2) is 0 Å². The number of carbonyl (C=O) groups is 1. The van der Waals surface area contributed by atoms with E-state index in [1.807, 2.05) is 18.2 Å². The SMILES string of the molecule is CN1CC2=C(C1=O)C([Si](C)(C)C)CC1(Br)COC=C21. The van der Waals surface area contributed by atoms with Crippen molar-refractivity contribution in [3.63, 3.8) is 0 Å². The second-order valence-corrected chi connectivity index (χ2v) is 13.9. The van der Waals surface area contributed by atoms with E-state index in [-0.39, 0.29) is 10.2 Å². The van der Waals surface area contributed by atoms with Gasteiger partial charge in [-0.2, -0.15) is 0 Å². The molecule has 2 heterocycles. The Kier molecular flexibility index (Phi) is 2.81. The molecule has 19 heavy (non-hydrogen) atoms. The summed E-state index contributed by atoms with van der Waals surface area (Å²) in [5, 5.41) is 0. The largest absolute Gasteiger partial charge is 0.499 e. The molecule has 0 bridgehead atoms. The molecule has 1 aliphatic carbocycles. The van der Waals surface area contributed by atoms with Gasteiger partial charge < -0.3 is 9.64 Å². The lowest BCUT2D eigenvalue weighted by molar-refractivity contribution is -0.124. The van der Waals surface area contributed by atoms with E-state index in [4.69, 9.17) is 4.74 Å². The van der Waals surface area contributed by atoms with Gasteiger partial charge in [0, 0.05) is 24.7 Å². The van der Waals surface area contributed by atoms with Crippen LogP contribution in [0.4, 0.5) is 0 Å². The van der Waals surface area contributed by atoms with Gasteiger partial charge in [0.1, 0.15) is 6.61 Å². The summed E-state index contributed by atoms with van der Waals surface area (Å²) >= 11 is 3.90. The van der Waals surface area contributed by atoms with Gasteiger partial charge >= 0.3 is 0 Å². The molecule has 0 aromatic rings. The molecule has 2 unspecified atom stereocenters. The maximum atomic E-state index is 12.5. The molecule has 3 rings (SSSR count). The third-order valence-electron chi connectivity index (χ3n) is 4.54. The van der Waals surface area contributed by atoms with Gasteiger partial charge in [0.05, 0.1) is 18.7 Å². The fourth-order valence-electron chi connectivity index (χ4n) is 3.43. The van der Waals surface area contributed by atoms with Gasteiger partial charge in [-0.1, -0.05) is 35.6 Å². The van der Waals surface area contributed by atoms with Gasteiger partial charge in [0.2, 0.25) is 5.91 Å². The quantitative estimate of drug-likeness (QED) is 0.542. The molecular weight excluding hydrogens is 322 g/mol. The molecule has 0 radical (unpaired) electrons. The number of fused-ring (bicyclic) bond motifs is 2. The normalized spacial score (nSPS) is 34.2. The molecule has 0 aromatic carbocycles. The highest BCUT2D eigenvalue weighted by Crippen LogP contribution is 2.55. The Morgan fingerprint density at radius 2 is 2.16 bits per heavy atom. The van der Waals surface area contributed by atoms with Crippen molar-refractivity contribution in [3.8, 4) is 0 Å². The predicted molar refractivity (Wildman–Crippen MR) is 82.1 cm³/mol. The van der Waals surface area contributed by atoms with Crippen LogP contribution in [0.3, 0.4) is 0 Å². The molecule has 104 valence electrons. The van der Waals surface area contributed by atoms with E-state index in [0.717, 1.165) is 18.5 Å². The Labute approximate surface area is 123 Å². The Hall–Kier alpha value is -0.553. The monoisotopic (exact) mass is 341 g/mol. The molecule has 0 spiro atoms. The van der Waals surface area contributed by atoms with Crippen molar-refractivity contribution in [2.45, 2.75) is 35.9 Å². The van der Waals surface area contributed by atoms with Crippen LogP contribution in [0.5, 0.6) is 0 Å². The van der Waals surface area contributed by atoms with Gasteiger partial charge in [0.25, 0.3) is 0 Å². The molecule has 3 aliphatic rings. The summed E-state index contributed by atoms with van der Waals surface area (Å²) in [6.07, 6.45) is 2.85. The lowest BCUT2D eigenvalue weighted by atomic mass is 9.81. The zero-order chi connectivity index (χ0) is 14.0. The fraction of sp³-hybridized carbons (Fsp3) is 0.643. The zero-order valence-electron chi connectivity index (χ0n) is 11.9. The first kappa shape index (κ1) is 13.4. The van der Waals surface area contributed by atoms with Crippen molar-refractivity contribution in [1.29, 1.82) is 0 Å². The van der Waals surface area contributed by atoms with Crippen LogP contribution in [-0.4, -0.2) is 43.4 Å². The van der Waals surface area contributed by atoms with Crippen LogP contribution < -0.4 is 0 Å². The number of amides is 1. The highest BCUT2D eigenvalue weighted by Gasteiger charge is 2.53. The summed E-state index contributed by atoms with van der Waals surface area (Å²) < 4.78 is 5.51. The molecule has 3 nitrogen and oxygen atoms in total. The number of ether oxygens (including phenoxy) is 1. The van der Waals surface area contributed by atoms with Gasteiger partial charge in [-0.05, 0) is 17.5 Å². The van der Waals surface area contributed by atoms with Gasteiger partial charge in [0.15, 0.2) is 0 Å². The summed E-state index contributed by atoms with van der Waals surface area (Å²) in [6, 6.07) is 0. The Bertz CT molecular complexity index is 520. The average Bonchev–Trinajstić information content (AvgIpc) is 2.79. The van der Waals surface area contributed by atoms with Crippen molar-refractivity contribution in [2.24, 2.45) is 0 Å². The standard InChI is InChI=1S/C14H20BrNO2Si/c1-16-6-9-10-7-18-8-14(10,15)5-11(19(2,3)4)12(9)13(16)17/h7,11H,5-6,8H2,1-4H3. The van der Waals surface area contributed by atoms with Gasteiger partial charge in [-0.15, -0.1) is 0 Å². The molecule has 0 fully saturated rings. The minimum Gasteiger partial charge on any atom is -0.499 e. The van der Waals surface area contributed by atoms with Gasteiger partial charge in [-0.3, -0.25) is 4.79 Å². The molecule has 5 heteroatoms. The van der Waals surface area contributed by atoms with E-state index >= 15 is 0 Å². The minimum atomic E-state index is -1.44. The highest BCUT2D eigenvalue weighted by molar-refractivity contribution is 9.10. The Morgan fingerprint density at radius 3 is 2.79 bits per heavy atom. The number of rotatable bonds is 1. The van der Waals surface area contributed by atoms with Crippen LogP contribution in [0.25, 0.3) is 0 Å². The number of nitrogens with zero attached hydrogens (tertiary/aromatic N) is 1. The van der Waals surface area contributed by atoms with Crippen molar-refractivity contribution < 1.29 is 9.53 Å². The van der Waals surface area contributed by atoms with Crippen LogP contribution in [0, 0.1) is 0 Å². The number of hydrogen-bond donors (Lipinski definition) is 0. The number of hydrogen-bond acceptors (Lipinski definition) is 2. The van der Waals surface area contributed by atoms with Crippen LogP contribution in [-0.2, 0) is 9.53 Å². The molecule has 2 atom stereocenters. The van der Waals surface area contributed by atoms with Crippen molar-refractivity contribution in [2.75, 3.05) is 20.2 Å². The second kappa shape index (κ2) is 3.98. The fourth-order valence-corrected chi connectivity index (χ4v) is 6.65. The van der Waals surface area contributed by atoms with Crippen LogP contribution >= 0.6 is 15.9 Å². The third kappa shape index (κ3) is 1.85. The van der Waals surface area contributed by atoms with Crippen LogP contribution in [0.15, 0.2) is 23.0 Å². The predicted octanol–water partition coefficient (Wildman–Crippen LogP) is 2.91. The summed E-state index contributed by atoms with van der Waals surface area (Å²) in [5.41, 5.74) is 3.92. The van der Waals surface area contributed by atoms with E-state index in [1.165, 1.54) is 11.1 Å². The summed E-state index contributed by atoms with van der Waals surface area (Å²) in [6.45, 7) is 8.49. The molecule has 1 amide bonds. The van der Waals surface area contributed by atoms with E-state index < -0.39 is 8.07 Å². The average molecular weight is 342 g/mol. The molecular formula is C14H20BrNO2Si. The van der Waals surface area contributed by atoms with Crippen LogP contribution in [0.2, 0.25) is 25.2 Å². The third-order valence-corrected chi connectivity index (χ3v) is 8.10. The first-order valence-electron chi connectivity index (χ1n) is 6.74. The second-order valence-electron chi connectivity index (χ2n) is 6.98. The first-order valence-corrected chi connectivity index (χ1v) is 11.1. The molecule has 0 aromatic heterocycles. The summed E-state index contributed by atoms with van der Waals surface area (Å²) in [4.78, 5) is 14.3. The molecule has 0 N–H and O–H groups in total. The van der Waals surface area contributed by atoms with E-state index in [2.05, 4.69) is 35.6 Å². The zero-order valence-corrected chi connectivity index (χ0v) is 14.5. The summed E-state index contributed by atoms with van der Waals surface area (Å²) in [7, 11) is 0.458. The lowest BCUT2D eigenvalue weighted by Gasteiger charge is -2.40. The molecule has 2 aliphatic heterocycles. The Balaban J connectivity index is 2.16. The topological polar surface area (TPSA) is 29.5 Å². The van der Waals surface area contributed by atoms with Crippen LogP contribution in [0.1, 0.15) is 6.42 Å².